The van der Waals surface area contributed by atoms with Crippen LogP contribution in [0.1, 0.15) is 28.1 Å². The van der Waals surface area contributed by atoms with Gasteiger partial charge in [0.15, 0.2) is 5.78 Å². The van der Waals surface area contributed by atoms with Crippen molar-refractivity contribution in [1.82, 2.24) is 0 Å². The van der Waals surface area contributed by atoms with Gasteiger partial charge in [0.25, 0.3) is 0 Å². The Morgan fingerprint density at radius 1 is 1.35 bits per heavy atom. The number of hydrogen-bond acceptors (Lipinski definition) is 4. The molecule has 1 aromatic carbocycles. The summed E-state index contributed by atoms with van der Waals surface area (Å²) in [6.07, 6.45) is 2.05. The first kappa shape index (κ1) is 13.3. The Morgan fingerprint density at radius 3 is 2.80 bits per heavy atom. The molecule has 0 aliphatic heterocycles. The van der Waals surface area contributed by atoms with Gasteiger partial charge in [-0.15, -0.1) is 11.3 Å². The molecule has 1 saturated carbocycles. The summed E-state index contributed by atoms with van der Waals surface area (Å²) in [5.74, 6) is 1.23. The van der Waals surface area contributed by atoms with Crippen LogP contribution in [0.5, 0.6) is 5.75 Å². The van der Waals surface area contributed by atoms with Crippen molar-refractivity contribution in [3.05, 3.63) is 40.8 Å². The maximum atomic E-state index is 12.0. The Kier molecular flexibility index (Phi) is 3.59. The largest absolute Gasteiger partial charge is 0.497 e. The van der Waals surface area contributed by atoms with E-state index in [1.54, 1.807) is 7.11 Å². The zero-order chi connectivity index (χ0) is 14.1. The van der Waals surface area contributed by atoms with Crippen LogP contribution in [0.25, 0.3) is 10.4 Å². The maximum absolute atomic E-state index is 12.0. The van der Waals surface area contributed by atoms with E-state index in [1.165, 1.54) is 11.3 Å². The maximum Gasteiger partial charge on any atom is 0.175 e. The van der Waals surface area contributed by atoms with Crippen molar-refractivity contribution in [3.8, 4) is 16.2 Å². The summed E-state index contributed by atoms with van der Waals surface area (Å²) in [6.45, 7) is -0.0453. The van der Waals surface area contributed by atoms with Gasteiger partial charge in [-0.1, -0.05) is 0 Å². The zero-order valence-electron chi connectivity index (χ0n) is 11.3. The Morgan fingerprint density at radius 2 is 2.15 bits per heavy atom. The molecular formula is C16H16O3S. The first-order chi connectivity index (χ1) is 9.72. The second kappa shape index (κ2) is 5.38. The number of aliphatic hydroxyl groups excluding tert-OH is 1. The first-order valence-electron chi connectivity index (χ1n) is 6.65. The molecule has 1 aliphatic rings. The molecule has 0 radical (unpaired) electrons. The second-order valence-electron chi connectivity index (χ2n) is 4.98. The first-order valence-corrected chi connectivity index (χ1v) is 7.46. The molecule has 0 unspecified atom stereocenters. The van der Waals surface area contributed by atoms with Crippen LogP contribution in [0.15, 0.2) is 30.3 Å². The molecule has 0 bridgehead atoms. The highest BCUT2D eigenvalue weighted by molar-refractivity contribution is 7.17. The van der Waals surface area contributed by atoms with Gasteiger partial charge in [-0.05, 0) is 54.3 Å². The van der Waals surface area contributed by atoms with E-state index < -0.39 is 0 Å². The van der Waals surface area contributed by atoms with Gasteiger partial charge in [-0.25, -0.2) is 0 Å². The molecule has 20 heavy (non-hydrogen) atoms. The minimum absolute atomic E-state index is 0.0453. The van der Waals surface area contributed by atoms with Crippen LogP contribution in [0.2, 0.25) is 0 Å². The molecule has 0 atom stereocenters. The third kappa shape index (κ3) is 2.49. The van der Waals surface area contributed by atoms with Crippen molar-refractivity contribution in [2.45, 2.75) is 19.4 Å². The highest BCUT2D eigenvalue weighted by Gasteiger charge is 2.31. The van der Waals surface area contributed by atoms with Gasteiger partial charge in [-0.2, -0.15) is 0 Å². The van der Waals surface area contributed by atoms with Crippen LogP contribution in [0, 0.1) is 5.92 Å². The van der Waals surface area contributed by atoms with Crippen molar-refractivity contribution < 1.29 is 14.6 Å². The Bertz CT molecular complexity index is 641. The zero-order valence-corrected chi connectivity index (χ0v) is 12.1. The SMILES string of the molecule is COc1ccc(-c2ccc(C(=O)C3CC3)s2)c(CO)c1. The van der Waals surface area contributed by atoms with Crippen molar-refractivity contribution in [2.24, 2.45) is 5.92 Å². The molecule has 1 heterocycles. The lowest BCUT2D eigenvalue weighted by atomic mass is 10.1. The van der Waals surface area contributed by atoms with Crippen LogP contribution in [-0.4, -0.2) is 18.0 Å². The highest BCUT2D eigenvalue weighted by Crippen LogP contribution is 2.38. The van der Waals surface area contributed by atoms with E-state index in [0.29, 0.717) is 0 Å². The van der Waals surface area contributed by atoms with Crippen LogP contribution in [-0.2, 0) is 6.61 Å². The van der Waals surface area contributed by atoms with Crippen LogP contribution in [0.3, 0.4) is 0 Å². The fourth-order valence-electron chi connectivity index (χ4n) is 2.23. The number of ether oxygens (including phenoxy) is 1. The average molecular weight is 288 g/mol. The highest BCUT2D eigenvalue weighted by atomic mass is 32.1. The number of rotatable bonds is 5. The summed E-state index contributed by atoms with van der Waals surface area (Å²) < 4.78 is 5.17. The monoisotopic (exact) mass is 288 g/mol. The number of benzene rings is 1. The van der Waals surface area contributed by atoms with E-state index in [9.17, 15) is 9.90 Å². The van der Waals surface area contributed by atoms with Gasteiger partial charge < -0.3 is 9.84 Å². The lowest BCUT2D eigenvalue weighted by Crippen LogP contribution is -1.96. The molecule has 0 spiro atoms. The van der Waals surface area contributed by atoms with Gasteiger partial charge in [0.1, 0.15) is 5.75 Å². The van der Waals surface area contributed by atoms with E-state index in [1.807, 2.05) is 30.3 Å². The second-order valence-corrected chi connectivity index (χ2v) is 6.07. The van der Waals surface area contributed by atoms with E-state index in [2.05, 4.69) is 0 Å². The number of methoxy groups -OCH3 is 1. The summed E-state index contributed by atoms with van der Waals surface area (Å²) in [5, 5.41) is 9.50. The van der Waals surface area contributed by atoms with Gasteiger partial charge >= 0.3 is 0 Å². The number of Topliss-reactive ketones (excluding diaryl/α,β-unsaturated/α-hetero) is 1. The smallest absolute Gasteiger partial charge is 0.175 e. The van der Waals surface area contributed by atoms with Gasteiger partial charge in [0, 0.05) is 10.8 Å². The van der Waals surface area contributed by atoms with E-state index in [0.717, 1.165) is 39.5 Å². The number of hydrogen-bond donors (Lipinski definition) is 1. The third-order valence-electron chi connectivity index (χ3n) is 3.55. The number of carbonyl (C=O) groups is 1. The molecule has 1 aromatic heterocycles. The lowest BCUT2D eigenvalue weighted by molar-refractivity contribution is 0.0971. The van der Waals surface area contributed by atoms with Crippen LogP contribution < -0.4 is 4.74 Å². The van der Waals surface area contributed by atoms with Crippen LogP contribution in [0.4, 0.5) is 0 Å². The standard InChI is InChI=1S/C16H16O3S/c1-19-12-4-5-13(11(8-12)9-17)14-6-7-15(20-14)16(18)10-2-3-10/h4-8,10,17H,2-3,9H2,1H3. The summed E-state index contributed by atoms with van der Waals surface area (Å²) in [7, 11) is 1.60. The van der Waals surface area contributed by atoms with Crippen molar-refractivity contribution in [2.75, 3.05) is 7.11 Å². The van der Waals surface area contributed by atoms with Crippen molar-refractivity contribution in [3.63, 3.8) is 0 Å². The van der Waals surface area contributed by atoms with E-state index in [-0.39, 0.29) is 18.3 Å². The topological polar surface area (TPSA) is 46.5 Å². The quantitative estimate of drug-likeness (QED) is 0.856. The fraction of sp³-hybridized carbons (Fsp3) is 0.312. The van der Waals surface area contributed by atoms with Crippen LogP contribution >= 0.6 is 11.3 Å². The molecule has 1 aliphatic carbocycles. The molecular weight excluding hydrogens is 272 g/mol. The predicted octanol–water partition coefficient (Wildman–Crippen LogP) is 3.51. The Hall–Kier alpha value is -1.65. The Labute approximate surface area is 121 Å². The minimum Gasteiger partial charge on any atom is -0.497 e. The molecule has 4 heteroatoms. The van der Waals surface area contributed by atoms with E-state index >= 15 is 0 Å². The summed E-state index contributed by atoms with van der Waals surface area (Å²) in [6, 6.07) is 9.49. The third-order valence-corrected chi connectivity index (χ3v) is 4.68. The number of aliphatic hydroxyl groups is 1. The van der Waals surface area contributed by atoms with Crippen molar-refractivity contribution in [1.29, 1.82) is 0 Å². The average Bonchev–Trinajstić information content (AvgIpc) is 3.23. The molecule has 1 N–H and O–H groups in total. The van der Waals surface area contributed by atoms with Gasteiger partial charge in [-0.3, -0.25) is 4.79 Å². The summed E-state index contributed by atoms with van der Waals surface area (Å²) in [4.78, 5) is 13.9. The predicted molar refractivity (Wildman–Crippen MR) is 79.3 cm³/mol. The number of thiophene rings is 1. The van der Waals surface area contributed by atoms with E-state index in [4.69, 9.17) is 4.74 Å². The molecule has 0 amide bonds. The Balaban J connectivity index is 1.94. The van der Waals surface area contributed by atoms with Gasteiger partial charge in [0.2, 0.25) is 0 Å². The molecule has 2 aromatic rings. The molecule has 104 valence electrons. The molecule has 0 saturated heterocycles. The summed E-state index contributed by atoms with van der Waals surface area (Å²) >= 11 is 1.50. The van der Waals surface area contributed by atoms with Crippen molar-refractivity contribution >= 4 is 17.1 Å². The molecule has 1 fully saturated rings. The normalized spacial score (nSPS) is 14.3. The molecule has 3 rings (SSSR count). The van der Waals surface area contributed by atoms with Gasteiger partial charge in [0.05, 0.1) is 18.6 Å². The fourth-order valence-corrected chi connectivity index (χ4v) is 3.32. The summed E-state index contributed by atoms with van der Waals surface area (Å²) in [5.41, 5.74) is 1.78. The minimum atomic E-state index is -0.0453. The number of ketones is 1. The lowest BCUT2D eigenvalue weighted by Gasteiger charge is -2.07. The molecule has 3 nitrogen and oxygen atoms in total. The number of carbonyl (C=O) groups excluding carboxylic acids is 1.